The molecule has 3 rings (SSSR count). The Bertz CT molecular complexity index is 655. The average Bonchev–Trinajstić information content (AvgIpc) is 2.72. The Kier molecular flexibility index (Phi) is 2.44. The Hall–Kier alpha value is -1.68. The smallest absolute Gasteiger partial charge is 0.139 e. The minimum atomic E-state index is 0.861. The molecule has 0 bridgehead atoms. The number of aromatic amines is 1. The molecule has 3 nitrogen and oxygen atoms in total. The van der Waals surface area contributed by atoms with Crippen LogP contribution in [0.1, 0.15) is 5.56 Å². The molecular formula is C13H10BrN3. The van der Waals surface area contributed by atoms with Crippen LogP contribution in [0.15, 0.2) is 41.1 Å². The van der Waals surface area contributed by atoms with Gasteiger partial charge in [0.15, 0.2) is 0 Å². The van der Waals surface area contributed by atoms with E-state index in [0.717, 1.165) is 26.9 Å². The zero-order chi connectivity index (χ0) is 11.8. The molecule has 0 atom stereocenters. The van der Waals surface area contributed by atoms with Gasteiger partial charge in [0, 0.05) is 16.2 Å². The molecule has 0 radical (unpaired) electrons. The van der Waals surface area contributed by atoms with Crippen molar-refractivity contribution in [3.63, 3.8) is 0 Å². The van der Waals surface area contributed by atoms with Crippen LogP contribution in [0.4, 0.5) is 0 Å². The molecule has 0 fully saturated rings. The molecule has 0 saturated carbocycles. The molecule has 17 heavy (non-hydrogen) atoms. The Labute approximate surface area is 107 Å². The van der Waals surface area contributed by atoms with Crippen molar-refractivity contribution < 1.29 is 0 Å². The number of halogens is 1. The molecule has 0 aliphatic heterocycles. The fourth-order valence-electron chi connectivity index (χ4n) is 1.80. The van der Waals surface area contributed by atoms with Gasteiger partial charge in [0.05, 0.1) is 17.2 Å². The first-order chi connectivity index (χ1) is 8.24. The molecule has 0 unspecified atom stereocenters. The largest absolute Gasteiger partial charge is 0.337 e. The number of nitrogens with zero attached hydrogens (tertiary/aromatic N) is 2. The number of nitrogens with one attached hydrogen (secondary N) is 1. The number of imidazole rings is 1. The van der Waals surface area contributed by atoms with Crippen molar-refractivity contribution >= 4 is 27.0 Å². The van der Waals surface area contributed by atoms with Gasteiger partial charge in [0.25, 0.3) is 0 Å². The second kappa shape index (κ2) is 3.96. The van der Waals surface area contributed by atoms with Crippen molar-refractivity contribution in [1.29, 1.82) is 0 Å². The lowest BCUT2D eigenvalue weighted by Gasteiger charge is -2.01. The summed E-state index contributed by atoms with van der Waals surface area (Å²) >= 11 is 3.57. The van der Waals surface area contributed by atoms with E-state index in [1.165, 1.54) is 5.56 Å². The zero-order valence-corrected chi connectivity index (χ0v) is 10.8. The van der Waals surface area contributed by atoms with Gasteiger partial charge >= 0.3 is 0 Å². The van der Waals surface area contributed by atoms with Gasteiger partial charge in [-0.25, -0.2) is 4.98 Å². The predicted molar refractivity (Wildman–Crippen MR) is 71.8 cm³/mol. The van der Waals surface area contributed by atoms with Gasteiger partial charge in [-0.3, -0.25) is 4.98 Å². The molecular weight excluding hydrogens is 278 g/mol. The summed E-state index contributed by atoms with van der Waals surface area (Å²) < 4.78 is 1.05. The molecule has 0 aliphatic rings. The Morgan fingerprint density at radius 2 is 2.12 bits per heavy atom. The van der Waals surface area contributed by atoms with Crippen molar-refractivity contribution in [2.45, 2.75) is 6.92 Å². The van der Waals surface area contributed by atoms with E-state index in [1.54, 1.807) is 12.4 Å². The van der Waals surface area contributed by atoms with E-state index in [4.69, 9.17) is 0 Å². The first-order valence-electron chi connectivity index (χ1n) is 5.30. The summed E-state index contributed by atoms with van der Waals surface area (Å²) in [5, 5.41) is 0. The number of hydrogen-bond donors (Lipinski definition) is 1. The highest BCUT2D eigenvalue weighted by Gasteiger charge is 2.08. The Morgan fingerprint density at radius 1 is 1.24 bits per heavy atom. The van der Waals surface area contributed by atoms with Crippen LogP contribution in [0.5, 0.6) is 0 Å². The highest BCUT2D eigenvalue weighted by atomic mass is 79.9. The maximum atomic E-state index is 4.55. The number of benzene rings is 1. The minimum absolute atomic E-state index is 0.861. The monoisotopic (exact) mass is 287 g/mol. The van der Waals surface area contributed by atoms with Crippen molar-refractivity contribution in [2.75, 3.05) is 0 Å². The van der Waals surface area contributed by atoms with Gasteiger partial charge in [-0.15, -0.1) is 0 Å². The van der Waals surface area contributed by atoms with E-state index >= 15 is 0 Å². The summed E-state index contributed by atoms with van der Waals surface area (Å²) in [6, 6.07) is 8.12. The summed E-state index contributed by atoms with van der Waals surface area (Å²) in [6.07, 6.45) is 3.53. The van der Waals surface area contributed by atoms with Crippen LogP contribution in [-0.2, 0) is 0 Å². The van der Waals surface area contributed by atoms with E-state index in [2.05, 4.69) is 56.0 Å². The van der Waals surface area contributed by atoms with Crippen LogP contribution in [0.3, 0.4) is 0 Å². The topological polar surface area (TPSA) is 41.6 Å². The van der Waals surface area contributed by atoms with Crippen LogP contribution >= 0.6 is 15.9 Å². The molecule has 3 aromatic rings. The summed E-state index contributed by atoms with van der Waals surface area (Å²) in [6.45, 7) is 2.07. The molecule has 84 valence electrons. The molecule has 0 aliphatic carbocycles. The Balaban J connectivity index is 2.20. The second-order valence-electron chi connectivity index (χ2n) is 3.96. The maximum absolute atomic E-state index is 4.55. The lowest BCUT2D eigenvalue weighted by atomic mass is 10.1. The van der Waals surface area contributed by atoms with Crippen LogP contribution in [0, 0.1) is 6.92 Å². The third kappa shape index (κ3) is 1.85. The molecule has 2 heterocycles. The van der Waals surface area contributed by atoms with Gasteiger partial charge in [-0.05, 0) is 30.7 Å². The zero-order valence-electron chi connectivity index (χ0n) is 9.24. The number of aryl methyl sites for hydroxylation is 1. The number of fused-ring (bicyclic) bond motifs is 1. The van der Waals surface area contributed by atoms with E-state index in [9.17, 15) is 0 Å². The second-order valence-corrected chi connectivity index (χ2v) is 4.82. The van der Waals surface area contributed by atoms with Gasteiger partial charge in [-0.2, -0.15) is 0 Å². The van der Waals surface area contributed by atoms with Gasteiger partial charge in [0.1, 0.15) is 5.82 Å². The number of rotatable bonds is 1. The number of hydrogen-bond acceptors (Lipinski definition) is 2. The van der Waals surface area contributed by atoms with Crippen LogP contribution in [0.25, 0.3) is 22.4 Å². The first-order valence-corrected chi connectivity index (χ1v) is 6.09. The molecule has 1 N–H and O–H groups in total. The highest BCUT2D eigenvalue weighted by molar-refractivity contribution is 9.10. The minimum Gasteiger partial charge on any atom is -0.337 e. The summed E-state index contributed by atoms with van der Waals surface area (Å²) in [7, 11) is 0. The van der Waals surface area contributed by atoms with Crippen molar-refractivity contribution in [1.82, 2.24) is 15.0 Å². The van der Waals surface area contributed by atoms with E-state index in [-0.39, 0.29) is 0 Å². The normalized spacial score (nSPS) is 10.9. The fraction of sp³-hybridized carbons (Fsp3) is 0.0769. The SMILES string of the molecule is Cc1ccc(-c2nc3ccncc3[nH]2)c(Br)c1. The molecule has 0 saturated heterocycles. The van der Waals surface area contributed by atoms with E-state index in [0.29, 0.717) is 0 Å². The molecule has 4 heteroatoms. The van der Waals surface area contributed by atoms with Crippen LogP contribution < -0.4 is 0 Å². The van der Waals surface area contributed by atoms with Crippen LogP contribution in [0.2, 0.25) is 0 Å². The van der Waals surface area contributed by atoms with Crippen LogP contribution in [-0.4, -0.2) is 15.0 Å². The third-order valence-electron chi connectivity index (χ3n) is 2.66. The van der Waals surface area contributed by atoms with Gasteiger partial charge in [-0.1, -0.05) is 22.0 Å². The molecule has 0 amide bonds. The fourth-order valence-corrected chi connectivity index (χ4v) is 2.48. The van der Waals surface area contributed by atoms with Gasteiger partial charge < -0.3 is 4.98 Å². The Morgan fingerprint density at radius 3 is 2.88 bits per heavy atom. The maximum Gasteiger partial charge on any atom is 0.139 e. The van der Waals surface area contributed by atoms with E-state index < -0.39 is 0 Å². The van der Waals surface area contributed by atoms with Gasteiger partial charge in [0.2, 0.25) is 0 Å². The lowest BCUT2D eigenvalue weighted by molar-refractivity contribution is 1.31. The number of pyridine rings is 1. The van der Waals surface area contributed by atoms with E-state index in [1.807, 2.05) is 6.07 Å². The quantitative estimate of drug-likeness (QED) is 0.742. The third-order valence-corrected chi connectivity index (χ3v) is 3.32. The number of aromatic nitrogens is 3. The summed E-state index contributed by atoms with van der Waals surface area (Å²) in [4.78, 5) is 11.9. The average molecular weight is 288 g/mol. The standard InChI is InChI=1S/C13H10BrN3/c1-8-2-3-9(10(14)6-8)13-16-11-4-5-15-7-12(11)17-13/h2-7H,1H3,(H,16,17). The molecule has 0 spiro atoms. The van der Waals surface area contributed by atoms with Crippen molar-refractivity contribution in [3.05, 3.63) is 46.7 Å². The summed E-state index contributed by atoms with van der Waals surface area (Å²) in [5.74, 6) is 0.861. The van der Waals surface area contributed by atoms with Crippen molar-refractivity contribution in [2.24, 2.45) is 0 Å². The predicted octanol–water partition coefficient (Wildman–Crippen LogP) is 3.70. The first kappa shape index (κ1) is 10.5. The molecule has 2 aromatic heterocycles. The number of H-pyrrole nitrogens is 1. The highest BCUT2D eigenvalue weighted by Crippen LogP contribution is 2.28. The summed E-state index contributed by atoms with van der Waals surface area (Å²) in [5.41, 5.74) is 4.17. The lowest BCUT2D eigenvalue weighted by Crippen LogP contribution is -1.83. The molecule has 1 aromatic carbocycles. The van der Waals surface area contributed by atoms with Crippen molar-refractivity contribution in [3.8, 4) is 11.4 Å².